The number of carboxylic acids is 2. The predicted octanol–water partition coefficient (Wildman–Crippen LogP) is 0.520. The van der Waals surface area contributed by atoms with Crippen molar-refractivity contribution in [1.29, 1.82) is 0 Å². The molecule has 4 N–H and O–H groups in total. The first-order valence-corrected chi connectivity index (χ1v) is 5.57. The normalized spacial score (nSPS) is 21.1. The quantitative estimate of drug-likeness (QED) is 0.590. The molecule has 20 heavy (non-hydrogen) atoms. The maximum atomic E-state index is 11.2. The number of phenolic OH excluding ortho intramolecular Hbond substituents is 2. The van der Waals surface area contributed by atoms with Gasteiger partial charge in [0.25, 0.3) is 0 Å². The van der Waals surface area contributed by atoms with Gasteiger partial charge in [0.1, 0.15) is 0 Å². The van der Waals surface area contributed by atoms with Crippen molar-refractivity contribution in [2.24, 2.45) is 5.16 Å². The van der Waals surface area contributed by atoms with Crippen LogP contribution in [0.2, 0.25) is 0 Å². The summed E-state index contributed by atoms with van der Waals surface area (Å²) in [4.78, 5) is 26.8. The van der Waals surface area contributed by atoms with Crippen LogP contribution in [0.5, 0.6) is 11.5 Å². The zero-order valence-corrected chi connectivity index (χ0v) is 10.1. The lowest BCUT2D eigenvalue weighted by molar-refractivity contribution is -0.169. The van der Waals surface area contributed by atoms with Gasteiger partial charge in [-0.25, -0.2) is 4.79 Å². The summed E-state index contributed by atoms with van der Waals surface area (Å²) in [6, 6.07) is 3.82. The zero-order chi connectivity index (χ0) is 14.9. The smallest absolute Gasteiger partial charge is 0.351 e. The van der Waals surface area contributed by atoms with Gasteiger partial charge in [0.05, 0.1) is 12.1 Å². The van der Waals surface area contributed by atoms with Gasteiger partial charge in [0, 0.05) is 12.0 Å². The summed E-state index contributed by atoms with van der Waals surface area (Å²) in [7, 11) is 0. The summed E-state index contributed by atoms with van der Waals surface area (Å²) in [5.41, 5.74) is -1.42. The van der Waals surface area contributed by atoms with Crippen molar-refractivity contribution in [2.75, 3.05) is 0 Å². The highest BCUT2D eigenvalue weighted by Crippen LogP contribution is 2.33. The molecule has 0 fully saturated rings. The average molecular weight is 281 g/mol. The van der Waals surface area contributed by atoms with E-state index in [0.29, 0.717) is 5.56 Å². The number of carbonyl (C=O) groups is 2. The van der Waals surface area contributed by atoms with Crippen LogP contribution < -0.4 is 0 Å². The number of rotatable bonds is 4. The summed E-state index contributed by atoms with van der Waals surface area (Å²) in [6.07, 6.45) is -0.988. The average Bonchev–Trinajstić information content (AvgIpc) is 2.77. The van der Waals surface area contributed by atoms with Gasteiger partial charge in [-0.05, 0) is 18.2 Å². The van der Waals surface area contributed by atoms with Crippen molar-refractivity contribution in [3.8, 4) is 11.5 Å². The van der Waals surface area contributed by atoms with Crippen LogP contribution >= 0.6 is 0 Å². The lowest BCUT2D eigenvalue weighted by Crippen LogP contribution is -2.41. The summed E-state index contributed by atoms with van der Waals surface area (Å²) in [5.74, 6) is -3.47. The Morgan fingerprint density at radius 1 is 1.25 bits per heavy atom. The third-order valence-electron chi connectivity index (χ3n) is 2.92. The molecule has 1 aromatic rings. The molecular weight excluding hydrogens is 270 g/mol. The lowest BCUT2D eigenvalue weighted by atomic mass is 9.91. The minimum Gasteiger partial charge on any atom is -0.504 e. The summed E-state index contributed by atoms with van der Waals surface area (Å²) >= 11 is 0. The predicted molar refractivity (Wildman–Crippen MR) is 64.6 cm³/mol. The Morgan fingerprint density at radius 2 is 1.95 bits per heavy atom. The molecule has 0 saturated carbocycles. The fourth-order valence-corrected chi connectivity index (χ4v) is 1.86. The molecule has 0 aliphatic carbocycles. The Labute approximate surface area is 112 Å². The number of oxime groups is 1. The Bertz CT molecular complexity index is 610. The Morgan fingerprint density at radius 3 is 2.50 bits per heavy atom. The second kappa shape index (κ2) is 4.72. The Hall–Kier alpha value is -2.77. The first-order chi connectivity index (χ1) is 9.34. The molecule has 1 aliphatic heterocycles. The molecule has 0 saturated heterocycles. The third-order valence-corrected chi connectivity index (χ3v) is 2.92. The van der Waals surface area contributed by atoms with Gasteiger partial charge in [0.15, 0.2) is 11.5 Å². The van der Waals surface area contributed by atoms with E-state index in [0.717, 1.165) is 0 Å². The molecule has 2 rings (SSSR count). The van der Waals surface area contributed by atoms with E-state index in [1.807, 2.05) is 0 Å². The molecule has 8 heteroatoms. The van der Waals surface area contributed by atoms with Crippen molar-refractivity contribution >= 4 is 17.7 Å². The molecule has 1 atom stereocenters. The molecule has 0 spiro atoms. The first-order valence-electron chi connectivity index (χ1n) is 5.57. The summed E-state index contributed by atoms with van der Waals surface area (Å²) in [6.45, 7) is 0. The van der Waals surface area contributed by atoms with Gasteiger partial charge in [0.2, 0.25) is 5.60 Å². The SMILES string of the molecule is O=C(O)CC1(C(=O)O)CC(c2ccc(O)c(O)c2)=NO1. The van der Waals surface area contributed by atoms with Crippen LogP contribution in [0.15, 0.2) is 23.4 Å². The fourth-order valence-electron chi connectivity index (χ4n) is 1.86. The lowest BCUT2D eigenvalue weighted by Gasteiger charge is -2.18. The van der Waals surface area contributed by atoms with E-state index in [1.54, 1.807) is 0 Å². The van der Waals surface area contributed by atoms with Crippen molar-refractivity contribution in [3.05, 3.63) is 23.8 Å². The zero-order valence-electron chi connectivity index (χ0n) is 10.1. The van der Waals surface area contributed by atoms with E-state index in [9.17, 15) is 19.8 Å². The van der Waals surface area contributed by atoms with Crippen LogP contribution in [0, 0.1) is 0 Å². The number of carboxylic acid groups (broad SMARTS) is 2. The van der Waals surface area contributed by atoms with Crippen LogP contribution in [-0.4, -0.2) is 43.7 Å². The monoisotopic (exact) mass is 281 g/mol. The van der Waals surface area contributed by atoms with E-state index in [1.165, 1.54) is 18.2 Å². The highest BCUT2D eigenvalue weighted by atomic mass is 16.7. The first kappa shape index (κ1) is 13.7. The molecule has 1 heterocycles. The number of hydrogen-bond acceptors (Lipinski definition) is 6. The summed E-state index contributed by atoms with van der Waals surface area (Å²) < 4.78 is 0. The molecule has 0 aromatic heterocycles. The number of benzene rings is 1. The number of hydrogen-bond donors (Lipinski definition) is 4. The largest absolute Gasteiger partial charge is 0.504 e. The van der Waals surface area contributed by atoms with Gasteiger partial charge in [-0.2, -0.15) is 0 Å². The van der Waals surface area contributed by atoms with Crippen LogP contribution in [-0.2, 0) is 14.4 Å². The van der Waals surface area contributed by atoms with E-state index < -0.39 is 29.7 Å². The molecule has 106 valence electrons. The van der Waals surface area contributed by atoms with E-state index in [2.05, 4.69) is 5.16 Å². The second-order valence-corrected chi connectivity index (χ2v) is 4.38. The number of aliphatic carboxylic acids is 2. The Kier molecular flexibility index (Phi) is 3.23. The number of aromatic hydroxyl groups is 2. The maximum absolute atomic E-state index is 11.2. The van der Waals surface area contributed by atoms with Gasteiger partial charge in [-0.1, -0.05) is 5.16 Å². The van der Waals surface area contributed by atoms with Crippen LogP contribution in [0.4, 0.5) is 0 Å². The molecule has 0 bridgehead atoms. The number of phenols is 2. The van der Waals surface area contributed by atoms with Crippen LogP contribution in [0.3, 0.4) is 0 Å². The van der Waals surface area contributed by atoms with Crippen molar-refractivity contribution in [2.45, 2.75) is 18.4 Å². The standard InChI is InChI=1S/C12H11NO7/c14-8-2-1-6(3-9(8)15)7-4-12(11(18)19,20-13-7)5-10(16)17/h1-3,14-15H,4-5H2,(H,16,17)(H,18,19). The van der Waals surface area contributed by atoms with Crippen molar-refractivity contribution in [1.82, 2.24) is 0 Å². The fraction of sp³-hybridized carbons (Fsp3) is 0.250. The van der Waals surface area contributed by atoms with Gasteiger partial charge in [-0.15, -0.1) is 0 Å². The molecule has 8 nitrogen and oxygen atoms in total. The highest BCUT2D eigenvalue weighted by molar-refractivity contribution is 6.05. The van der Waals surface area contributed by atoms with Crippen molar-refractivity contribution in [3.63, 3.8) is 0 Å². The maximum Gasteiger partial charge on any atom is 0.351 e. The van der Waals surface area contributed by atoms with Crippen LogP contribution in [0.1, 0.15) is 18.4 Å². The topological polar surface area (TPSA) is 137 Å². The number of nitrogens with zero attached hydrogens (tertiary/aromatic N) is 1. The molecule has 0 amide bonds. The van der Waals surface area contributed by atoms with Gasteiger partial charge in [-0.3, -0.25) is 4.79 Å². The third kappa shape index (κ3) is 2.35. The second-order valence-electron chi connectivity index (χ2n) is 4.38. The molecule has 1 unspecified atom stereocenters. The Balaban J connectivity index is 2.27. The van der Waals surface area contributed by atoms with Gasteiger partial charge >= 0.3 is 11.9 Å². The van der Waals surface area contributed by atoms with E-state index in [4.69, 9.17) is 15.1 Å². The van der Waals surface area contributed by atoms with E-state index in [-0.39, 0.29) is 17.9 Å². The van der Waals surface area contributed by atoms with Gasteiger partial charge < -0.3 is 25.3 Å². The molecule has 1 aliphatic rings. The molecular formula is C12H11NO7. The molecule has 0 radical (unpaired) electrons. The van der Waals surface area contributed by atoms with Crippen molar-refractivity contribution < 1.29 is 34.9 Å². The minimum atomic E-state index is -1.95. The van der Waals surface area contributed by atoms with E-state index >= 15 is 0 Å². The summed E-state index contributed by atoms with van der Waals surface area (Å²) in [5, 5.41) is 40.1. The van der Waals surface area contributed by atoms with Crippen LogP contribution in [0.25, 0.3) is 0 Å². The highest BCUT2D eigenvalue weighted by Gasteiger charge is 2.49. The molecule has 1 aromatic carbocycles. The minimum absolute atomic E-state index is 0.184.